The van der Waals surface area contributed by atoms with Gasteiger partial charge >= 0.3 is 6.09 Å². The van der Waals surface area contributed by atoms with Gasteiger partial charge in [-0.25, -0.2) is 9.18 Å². The molecule has 2 fully saturated rings. The van der Waals surface area contributed by atoms with Crippen molar-refractivity contribution in [1.29, 1.82) is 0 Å². The third kappa shape index (κ3) is 6.94. The van der Waals surface area contributed by atoms with E-state index in [2.05, 4.69) is 6.92 Å². The van der Waals surface area contributed by atoms with Gasteiger partial charge in [-0.3, -0.25) is 4.79 Å². The van der Waals surface area contributed by atoms with Gasteiger partial charge in [0.25, 0.3) is 0 Å². The van der Waals surface area contributed by atoms with E-state index in [0.29, 0.717) is 25.4 Å². The maximum absolute atomic E-state index is 13.2. The second-order valence-electron chi connectivity index (χ2n) is 10.6. The van der Waals surface area contributed by atoms with Gasteiger partial charge in [0.15, 0.2) is 0 Å². The zero-order valence-corrected chi connectivity index (χ0v) is 19.5. The van der Waals surface area contributed by atoms with Gasteiger partial charge in [-0.15, -0.1) is 0 Å². The average molecular weight is 433 g/mol. The summed E-state index contributed by atoms with van der Waals surface area (Å²) < 4.78 is 18.6. The number of likely N-dealkylation sites (tertiary alicyclic amines) is 2. The number of hydrogen-bond acceptors (Lipinski definition) is 3. The summed E-state index contributed by atoms with van der Waals surface area (Å²) in [6.45, 7) is 10.6. The van der Waals surface area contributed by atoms with Crippen molar-refractivity contribution in [2.45, 2.75) is 71.8 Å². The Morgan fingerprint density at radius 3 is 2.35 bits per heavy atom. The van der Waals surface area contributed by atoms with Crippen LogP contribution in [0.5, 0.6) is 0 Å². The van der Waals surface area contributed by atoms with Crippen LogP contribution in [0.2, 0.25) is 0 Å². The monoisotopic (exact) mass is 432 g/mol. The first-order chi connectivity index (χ1) is 14.5. The fourth-order valence-electron chi connectivity index (χ4n) is 4.62. The lowest BCUT2D eigenvalue weighted by Crippen LogP contribution is -2.47. The number of rotatable bonds is 4. The van der Waals surface area contributed by atoms with Crippen molar-refractivity contribution in [1.82, 2.24) is 9.80 Å². The lowest BCUT2D eigenvalue weighted by molar-refractivity contribution is -0.136. The van der Waals surface area contributed by atoms with Crippen LogP contribution < -0.4 is 0 Å². The van der Waals surface area contributed by atoms with Crippen LogP contribution in [0.4, 0.5) is 9.18 Å². The fraction of sp³-hybridized carbons (Fsp3) is 0.680. The standard InChI is InChI=1S/C25H37FN2O3/c1-24(2,3)31-23(30)27-14-11-25(4,12-15-27)17-22(29)28-13-5-6-20(18-28)16-19-7-9-21(26)10-8-19/h7-10,20H,5-6,11-18H2,1-4H3. The lowest BCUT2D eigenvalue weighted by Gasteiger charge is -2.41. The molecule has 1 aromatic rings. The number of halogens is 1. The molecule has 2 aliphatic rings. The largest absolute Gasteiger partial charge is 0.444 e. The summed E-state index contributed by atoms with van der Waals surface area (Å²) in [6, 6.07) is 6.70. The van der Waals surface area contributed by atoms with Crippen molar-refractivity contribution in [3.05, 3.63) is 35.6 Å². The highest BCUT2D eigenvalue weighted by Gasteiger charge is 2.37. The molecule has 6 heteroatoms. The van der Waals surface area contributed by atoms with Crippen molar-refractivity contribution < 1.29 is 18.7 Å². The van der Waals surface area contributed by atoms with E-state index < -0.39 is 5.60 Å². The molecule has 172 valence electrons. The molecular weight excluding hydrogens is 395 g/mol. The van der Waals surface area contributed by atoms with E-state index in [0.717, 1.165) is 50.8 Å². The van der Waals surface area contributed by atoms with Crippen molar-refractivity contribution in [2.75, 3.05) is 26.2 Å². The molecule has 0 N–H and O–H groups in total. The van der Waals surface area contributed by atoms with Crippen LogP contribution in [0.1, 0.15) is 65.4 Å². The molecule has 0 saturated carbocycles. The van der Waals surface area contributed by atoms with Crippen LogP contribution in [0, 0.1) is 17.2 Å². The van der Waals surface area contributed by atoms with Crippen molar-refractivity contribution in [2.24, 2.45) is 11.3 Å². The summed E-state index contributed by atoms with van der Waals surface area (Å²) >= 11 is 0. The fourth-order valence-corrected chi connectivity index (χ4v) is 4.62. The van der Waals surface area contributed by atoms with E-state index in [1.54, 1.807) is 4.90 Å². The number of ether oxygens (including phenoxy) is 1. The van der Waals surface area contributed by atoms with Gasteiger partial charge in [0.2, 0.25) is 5.91 Å². The number of piperidine rings is 2. The molecule has 5 nitrogen and oxygen atoms in total. The smallest absolute Gasteiger partial charge is 0.410 e. The van der Waals surface area contributed by atoms with Gasteiger partial charge in [0, 0.05) is 32.6 Å². The predicted molar refractivity (Wildman–Crippen MR) is 119 cm³/mol. The summed E-state index contributed by atoms with van der Waals surface area (Å²) in [7, 11) is 0. The third-order valence-corrected chi connectivity index (χ3v) is 6.51. The Hall–Kier alpha value is -2.11. The van der Waals surface area contributed by atoms with E-state index in [4.69, 9.17) is 4.74 Å². The number of benzene rings is 1. The van der Waals surface area contributed by atoms with Crippen LogP contribution >= 0.6 is 0 Å². The van der Waals surface area contributed by atoms with Crippen LogP contribution in [-0.4, -0.2) is 53.6 Å². The maximum atomic E-state index is 13.2. The van der Waals surface area contributed by atoms with Crippen LogP contribution in [-0.2, 0) is 16.0 Å². The number of carbonyl (C=O) groups is 2. The second kappa shape index (κ2) is 9.58. The van der Waals surface area contributed by atoms with Crippen LogP contribution in [0.3, 0.4) is 0 Å². The molecule has 2 amide bonds. The Labute approximate surface area is 185 Å². The molecule has 0 aromatic heterocycles. The number of nitrogens with zero attached hydrogens (tertiary/aromatic N) is 2. The van der Waals surface area contributed by atoms with Gasteiger partial charge in [-0.1, -0.05) is 19.1 Å². The van der Waals surface area contributed by atoms with Gasteiger partial charge in [-0.2, -0.15) is 0 Å². The first-order valence-electron chi connectivity index (χ1n) is 11.5. The summed E-state index contributed by atoms with van der Waals surface area (Å²) in [6.07, 6.45) is 4.88. The highest BCUT2D eigenvalue weighted by molar-refractivity contribution is 5.77. The lowest BCUT2D eigenvalue weighted by atomic mass is 9.77. The van der Waals surface area contributed by atoms with Crippen LogP contribution in [0.25, 0.3) is 0 Å². The predicted octanol–water partition coefficient (Wildman–Crippen LogP) is 5.03. The summed E-state index contributed by atoms with van der Waals surface area (Å²) in [4.78, 5) is 29.2. The molecule has 0 spiro atoms. The van der Waals surface area contributed by atoms with Crippen molar-refractivity contribution in [3.8, 4) is 0 Å². The third-order valence-electron chi connectivity index (χ3n) is 6.51. The molecule has 1 atom stereocenters. The molecule has 1 unspecified atom stereocenters. The van der Waals surface area contributed by atoms with Gasteiger partial charge in [0.1, 0.15) is 11.4 Å². The number of hydrogen-bond donors (Lipinski definition) is 0. The van der Waals surface area contributed by atoms with E-state index in [-0.39, 0.29) is 23.2 Å². The first kappa shape index (κ1) is 23.6. The zero-order valence-electron chi connectivity index (χ0n) is 19.5. The molecule has 0 bridgehead atoms. The molecule has 1 aromatic carbocycles. The Bertz CT molecular complexity index is 764. The van der Waals surface area contributed by atoms with Gasteiger partial charge < -0.3 is 14.5 Å². The van der Waals surface area contributed by atoms with Crippen molar-refractivity contribution in [3.63, 3.8) is 0 Å². The van der Waals surface area contributed by atoms with E-state index >= 15 is 0 Å². The molecule has 2 saturated heterocycles. The van der Waals surface area contributed by atoms with Gasteiger partial charge in [0.05, 0.1) is 0 Å². The minimum Gasteiger partial charge on any atom is -0.444 e. The molecule has 2 heterocycles. The summed E-state index contributed by atoms with van der Waals surface area (Å²) in [5.74, 6) is 0.428. The van der Waals surface area contributed by atoms with E-state index in [9.17, 15) is 14.0 Å². The Kier molecular flexibility index (Phi) is 7.28. The normalized spacial score (nSPS) is 21.6. The Morgan fingerprint density at radius 2 is 1.74 bits per heavy atom. The molecule has 0 aliphatic carbocycles. The van der Waals surface area contributed by atoms with E-state index in [1.807, 2.05) is 37.8 Å². The quantitative estimate of drug-likeness (QED) is 0.670. The first-order valence-corrected chi connectivity index (χ1v) is 11.5. The molecule has 3 rings (SSSR count). The molecular formula is C25H37FN2O3. The highest BCUT2D eigenvalue weighted by Crippen LogP contribution is 2.36. The minimum atomic E-state index is -0.494. The topological polar surface area (TPSA) is 49.9 Å². The minimum absolute atomic E-state index is 0.0838. The summed E-state index contributed by atoms with van der Waals surface area (Å²) in [5, 5.41) is 0. The van der Waals surface area contributed by atoms with Gasteiger partial charge in [-0.05, 0) is 81.9 Å². The Balaban J connectivity index is 1.49. The summed E-state index contributed by atoms with van der Waals surface area (Å²) in [5.41, 5.74) is 0.550. The number of carbonyl (C=O) groups excluding carboxylic acids is 2. The highest BCUT2D eigenvalue weighted by atomic mass is 19.1. The average Bonchev–Trinajstić information content (AvgIpc) is 2.69. The SMILES string of the molecule is CC1(CC(=O)N2CCCC(Cc3ccc(F)cc3)C2)CCN(C(=O)OC(C)(C)C)CC1. The maximum Gasteiger partial charge on any atom is 0.410 e. The molecule has 2 aliphatic heterocycles. The second-order valence-corrected chi connectivity index (χ2v) is 10.6. The van der Waals surface area contributed by atoms with Crippen molar-refractivity contribution >= 4 is 12.0 Å². The van der Waals surface area contributed by atoms with E-state index in [1.165, 1.54) is 12.1 Å². The molecule has 31 heavy (non-hydrogen) atoms. The van der Waals surface area contributed by atoms with Crippen LogP contribution in [0.15, 0.2) is 24.3 Å². The zero-order chi connectivity index (χ0) is 22.6. The molecule has 0 radical (unpaired) electrons. The number of amides is 2. The Morgan fingerprint density at radius 1 is 1.10 bits per heavy atom.